The summed E-state index contributed by atoms with van der Waals surface area (Å²) in [5.74, 6) is 2.37. The Morgan fingerprint density at radius 1 is 1.17 bits per heavy atom. The van der Waals surface area contributed by atoms with Gasteiger partial charge in [0, 0.05) is 38.3 Å². The summed E-state index contributed by atoms with van der Waals surface area (Å²) in [6.45, 7) is 14.7. The summed E-state index contributed by atoms with van der Waals surface area (Å²) < 4.78 is 11.2. The van der Waals surface area contributed by atoms with E-state index < -0.39 is 0 Å². The minimum absolute atomic E-state index is 0.576. The summed E-state index contributed by atoms with van der Waals surface area (Å²) in [7, 11) is 1.78. The molecule has 5 heteroatoms. The van der Waals surface area contributed by atoms with Crippen LogP contribution in [0.15, 0.2) is 29.0 Å². The molecule has 2 aromatic rings. The van der Waals surface area contributed by atoms with Crippen LogP contribution in [-0.2, 0) is 13.1 Å². The Balaban J connectivity index is 1.74. The zero-order chi connectivity index (χ0) is 20.8. The second-order valence-corrected chi connectivity index (χ2v) is 8.14. The van der Waals surface area contributed by atoms with E-state index >= 15 is 0 Å². The number of hydrogen-bond acceptors (Lipinski definition) is 5. The second-order valence-electron chi connectivity index (χ2n) is 8.14. The molecule has 0 bridgehead atoms. The Hall–Kier alpha value is -2.11. The van der Waals surface area contributed by atoms with Gasteiger partial charge >= 0.3 is 0 Å². The van der Waals surface area contributed by atoms with Gasteiger partial charge in [-0.1, -0.05) is 32.4 Å². The second kappa shape index (κ2) is 10.1. The van der Waals surface area contributed by atoms with Crippen molar-refractivity contribution in [2.45, 2.75) is 47.2 Å². The zero-order valence-electron chi connectivity index (χ0n) is 18.6. The SMILES string of the molecule is CCC(C)/C=C\c1c(C)c(C)cc(OC)c1CN1CCN(Cc2ncco2)CC1. The topological polar surface area (TPSA) is 41.7 Å². The van der Waals surface area contributed by atoms with Gasteiger partial charge in [-0.3, -0.25) is 9.80 Å². The van der Waals surface area contributed by atoms with E-state index in [0.29, 0.717) is 5.92 Å². The van der Waals surface area contributed by atoms with Gasteiger partial charge in [-0.15, -0.1) is 0 Å². The van der Waals surface area contributed by atoms with E-state index in [0.717, 1.165) is 57.3 Å². The van der Waals surface area contributed by atoms with Crippen molar-refractivity contribution < 1.29 is 9.15 Å². The zero-order valence-corrected chi connectivity index (χ0v) is 18.6. The van der Waals surface area contributed by atoms with Crippen LogP contribution in [0, 0.1) is 19.8 Å². The van der Waals surface area contributed by atoms with Crippen LogP contribution in [0.25, 0.3) is 6.08 Å². The van der Waals surface area contributed by atoms with Gasteiger partial charge in [0.2, 0.25) is 5.89 Å². The lowest BCUT2D eigenvalue weighted by Gasteiger charge is -2.34. The van der Waals surface area contributed by atoms with Gasteiger partial charge in [-0.05, 0) is 42.5 Å². The van der Waals surface area contributed by atoms with E-state index in [-0.39, 0.29) is 0 Å². The van der Waals surface area contributed by atoms with E-state index in [9.17, 15) is 0 Å². The Kier molecular flexibility index (Phi) is 7.51. The Morgan fingerprint density at radius 3 is 2.45 bits per heavy atom. The molecule has 1 aliphatic rings. The number of piperazine rings is 1. The predicted octanol–water partition coefficient (Wildman–Crippen LogP) is 4.68. The maximum Gasteiger partial charge on any atom is 0.208 e. The molecule has 0 aliphatic carbocycles. The molecule has 1 aromatic heterocycles. The summed E-state index contributed by atoms with van der Waals surface area (Å²) in [6.07, 6.45) is 9.16. The third-order valence-electron chi connectivity index (χ3n) is 6.11. The van der Waals surface area contributed by atoms with Gasteiger partial charge in [0.1, 0.15) is 12.0 Å². The van der Waals surface area contributed by atoms with Gasteiger partial charge in [-0.2, -0.15) is 0 Å². The lowest BCUT2D eigenvalue weighted by Crippen LogP contribution is -2.45. The highest BCUT2D eigenvalue weighted by molar-refractivity contribution is 5.64. The number of rotatable bonds is 8. The van der Waals surface area contributed by atoms with Crippen molar-refractivity contribution in [3.63, 3.8) is 0 Å². The average molecular weight is 398 g/mol. The van der Waals surface area contributed by atoms with Crippen LogP contribution < -0.4 is 4.74 Å². The molecule has 0 saturated carbocycles. The van der Waals surface area contributed by atoms with Gasteiger partial charge in [0.05, 0.1) is 19.9 Å². The fraction of sp³-hybridized carbons (Fsp3) is 0.542. The summed E-state index contributed by atoms with van der Waals surface area (Å²) in [5.41, 5.74) is 5.26. The Morgan fingerprint density at radius 2 is 1.86 bits per heavy atom. The van der Waals surface area contributed by atoms with Crippen LogP contribution in [0.2, 0.25) is 0 Å². The third kappa shape index (κ3) is 5.49. The molecule has 0 N–H and O–H groups in total. The smallest absolute Gasteiger partial charge is 0.208 e. The number of allylic oxidation sites excluding steroid dienone is 1. The first kappa shape index (κ1) is 21.6. The first-order valence-electron chi connectivity index (χ1n) is 10.7. The highest BCUT2D eigenvalue weighted by atomic mass is 16.5. The monoisotopic (exact) mass is 397 g/mol. The minimum Gasteiger partial charge on any atom is -0.496 e. The lowest BCUT2D eigenvalue weighted by atomic mass is 9.94. The van der Waals surface area contributed by atoms with E-state index in [4.69, 9.17) is 9.15 Å². The van der Waals surface area contributed by atoms with Crippen LogP contribution in [0.3, 0.4) is 0 Å². The third-order valence-corrected chi connectivity index (χ3v) is 6.11. The molecule has 1 fully saturated rings. The molecule has 5 nitrogen and oxygen atoms in total. The maximum absolute atomic E-state index is 5.80. The van der Waals surface area contributed by atoms with Gasteiger partial charge in [0.25, 0.3) is 0 Å². The first-order valence-corrected chi connectivity index (χ1v) is 10.7. The number of hydrogen-bond donors (Lipinski definition) is 0. The fourth-order valence-corrected chi connectivity index (χ4v) is 3.78. The number of methoxy groups -OCH3 is 1. The Bertz CT molecular complexity index is 806. The number of aryl methyl sites for hydroxylation is 1. The van der Waals surface area contributed by atoms with Crippen LogP contribution in [0.1, 0.15) is 48.4 Å². The molecule has 1 saturated heterocycles. The van der Waals surface area contributed by atoms with Crippen molar-refractivity contribution in [2.24, 2.45) is 5.92 Å². The fourth-order valence-electron chi connectivity index (χ4n) is 3.78. The van der Waals surface area contributed by atoms with Crippen LogP contribution >= 0.6 is 0 Å². The quantitative estimate of drug-likeness (QED) is 0.647. The summed E-state index contributed by atoms with van der Waals surface area (Å²) in [4.78, 5) is 9.18. The van der Waals surface area contributed by atoms with E-state index in [1.54, 1.807) is 19.6 Å². The van der Waals surface area contributed by atoms with E-state index in [2.05, 4.69) is 60.7 Å². The average Bonchev–Trinajstić information content (AvgIpc) is 3.24. The standard InChI is InChI=1S/C24H35N3O2/c1-6-18(2)7-8-21-20(4)19(3)15-23(28-5)22(21)16-26-10-12-27(13-11-26)17-24-25-9-14-29-24/h7-9,14-15,18H,6,10-13,16-17H2,1-5H3/b8-7-. The van der Waals surface area contributed by atoms with Gasteiger partial charge in [-0.25, -0.2) is 4.98 Å². The molecule has 1 atom stereocenters. The highest BCUT2D eigenvalue weighted by Crippen LogP contribution is 2.31. The molecule has 1 aliphatic heterocycles. The first-order chi connectivity index (χ1) is 14.0. The molecule has 1 unspecified atom stereocenters. The Labute approximate surface area is 175 Å². The number of ether oxygens (including phenoxy) is 1. The van der Waals surface area contributed by atoms with E-state index in [1.165, 1.54) is 22.3 Å². The number of oxazole rings is 1. The summed E-state index contributed by atoms with van der Waals surface area (Å²) >= 11 is 0. The molecular formula is C24H35N3O2. The molecule has 3 rings (SSSR count). The lowest BCUT2D eigenvalue weighted by molar-refractivity contribution is 0.114. The number of aromatic nitrogens is 1. The molecule has 1 aromatic carbocycles. The van der Waals surface area contributed by atoms with Crippen molar-refractivity contribution in [1.82, 2.24) is 14.8 Å². The maximum atomic E-state index is 5.80. The summed E-state index contributed by atoms with van der Waals surface area (Å²) in [5, 5.41) is 0. The highest BCUT2D eigenvalue weighted by Gasteiger charge is 2.21. The molecule has 0 spiro atoms. The predicted molar refractivity (Wildman–Crippen MR) is 118 cm³/mol. The van der Waals surface area contributed by atoms with Crippen molar-refractivity contribution in [3.8, 4) is 5.75 Å². The van der Waals surface area contributed by atoms with Crippen LogP contribution in [0.4, 0.5) is 0 Å². The molecule has 2 heterocycles. The number of benzene rings is 1. The van der Waals surface area contributed by atoms with Crippen LogP contribution in [-0.4, -0.2) is 48.1 Å². The van der Waals surface area contributed by atoms with Crippen LogP contribution in [0.5, 0.6) is 5.75 Å². The minimum atomic E-state index is 0.576. The largest absolute Gasteiger partial charge is 0.496 e. The molecule has 158 valence electrons. The normalized spacial score (nSPS) is 17.1. The molecular weight excluding hydrogens is 362 g/mol. The van der Waals surface area contributed by atoms with Crippen molar-refractivity contribution >= 4 is 6.08 Å². The molecule has 29 heavy (non-hydrogen) atoms. The van der Waals surface area contributed by atoms with Crippen molar-refractivity contribution in [1.29, 1.82) is 0 Å². The number of nitrogens with zero attached hydrogens (tertiary/aromatic N) is 3. The molecule has 0 radical (unpaired) electrons. The van der Waals surface area contributed by atoms with Gasteiger partial charge in [0.15, 0.2) is 0 Å². The van der Waals surface area contributed by atoms with Gasteiger partial charge < -0.3 is 9.15 Å². The van der Waals surface area contributed by atoms with Crippen molar-refractivity contribution in [2.75, 3.05) is 33.3 Å². The van der Waals surface area contributed by atoms with Crippen molar-refractivity contribution in [3.05, 3.63) is 52.7 Å². The van der Waals surface area contributed by atoms with E-state index in [1.807, 2.05) is 0 Å². The summed E-state index contributed by atoms with van der Waals surface area (Å²) in [6, 6.07) is 2.18. The molecule has 0 amide bonds.